The Bertz CT molecular complexity index is 586. The van der Waals surface area contributed by atoms with Gasteiger partial charge in [0.2, 0.25) is 10.0 Å². The molecule has 0 amide bonds. The lowest BCUT2D eigenvalue weighted by molar-refractivity contribution is -0.143. The Kier molecular flexibility index (Phi) is 5.98. The number of halogens is 1. The molecule has 0 radical (unpaired) electrons. The van der Waals surface area contributed by atoms with Crippen molar-refractivity contribution in [3.63, 3.8) is 0 Å². The summed E-state index contributed by atoms with van der Waals surface area (Å²) in [4.78, 5) is 11.6. The molecule has 7 heteroatoms. The first-order chi connectivity index (χ1) is 9.32. The normalized spacial score (nSPS) is 11.7. The molecule has 0 N–H and O–H groups in total. The summed E-state index contributed by atoms with van der Waals surface area (Å²) in [7, 11) is -3.74. The molecule has 0 bridgehead atoms. The first-order valence-electron chi connectivity index (χ1n) is 6.24. The number of rotatable bonds is 6. The third-order valence-electron chi connectivity index (χ3n) is 2.72. The quantitative estimate of drug-likeness (QED) is 0.754. The molecule has 0 saturated heterocycles. The Balaban J connectivity index is 3.09. The highest BCUT2D eigenvalue weighted by Gasteiger charge is 2.27. The van der Waals surface area contributed by atoms with Crippen LogP contribution in [-0.4, -0.2) is 38.4 Å². The molecule has 0 aliphatic rings. The number of likely N-dealkylation sites (N-methyl/N-ethyl adjacent to an activating group) is 1. The van der Waals surface area contributed by atoms with Crippen LogP contribution in [0.2, 0.25) is 5.02 Å². The average Bonchev–Trinajstić information content (AvgIpc) is 2.35. The molecule has 0 heterocycles. The van der Waals surface area contributed by atoms with E-state index in [1.807, 2.05) is 0 Å². The van der Waals surface area contributed by atoms with E-state index in [0.29, 0.717) is 10.6 Å². The molecule has 0 fully saturated rings. The molecule has 0 saturated carbocycles. The lowest BCUT2D eigenvalue weighted by Gasteiger charge is -2.20. The van der Waals surface area contributed by atoms with E-state index in [9.17, 15) is 13.2 Å². The minimum absolute atomic E-state index is 0.146. The maximum Gasteiger partial charge on any atom is 0.321 e. The Morgan fingerprint density at radius 3 is 2.50 bits per heavy atom. The summed E-state index contributed by atoms with van der Waals surface area (Å²) in [5, 5.41) is 0.467. The molecular formula is C13H18ClNO4S. The number of carbonyl (C=O) groups excluding carboxylic acids is 1. The van der Waals surface area contributed by atoms with Crippen LogP contribution in [-0.2, 0) is 19.6 Å². The van der Waals surface area contributed by atoms with Crippen molar-refractivity contribution in [1.82, 2.24) is 4.31 Å². The van der Waals surface area contributed by atoms with E-state index in [2.05, 4.69) is 0 Å². The van der Waals surface area contributed by atoms with Crippen LogP contribution >= 0.6 is 11.6 Å². The van der Waals surface area contributed by atoms with E-state index in [4.69, 9.17) is 16.3 Å². The predicted molar refractivity (Wildman–Crippen MR) is 77.3 cm³/mol. The van der Waals surface area contributed by atoms with Crippen LogP contribution in [0.3, 0.4) is 0 Å². The third kappa shape index (κ3) is 3.94. The SMILES string of the molecule is CCOC(=O)CN(CC)S(=O)(=O)c1ccc(Cl)cc1C. The van der Waals surface area contributed by atoms with E-state index in [-0.39, 0.29) is 24.6 Å². The molecule has 0 aromatic heterocycles. The third-order valence-corrected chi connectivity index (χ3v) is 5.03. The molecule has 0 spiro atoms. The minimum atomic E-state index is -3.74. The van der Waals surface area contributed by atoms with Crippen LogP contribution in [0.15, 0.2) is 23.1 Å². The molecule has 0 aliphatic heterocycles. The van der Waals surface area contributed by atoms with Crippen molar-refractivity contribution < 1.29 is 17.9 Å². The standard InChI is InChI=1S/C13H18ClNO4S/c1-4-15(9-13(16)19-5-2)20(17,18)12-7-6-11(14)8-10(12)3/h6-8H,4-5,9H2,1-3H3. The van der Waals surface area contributed by atoms with E-state index in [1.165, 1.54) is 12.1 Å². The molecule has 5 nitrogen and oxygen atoms in total. The van der Waals surface area contributed by atoms with Gasteiger partial charge in [0.1, 0.15) is 6.54 Å². The number of carbonyl (C=O) groups is 1. The highest BCUT2D eigenvalue weighted by atomic mass is 35.5. The van der Waals surface area contributed by atoms with Gasteiger partial charge in [0.05, 0.1) is 11.5 Å². The highest BCUT2D eigenvalue weighted by molar-refractivity contribution is 7.89. The van der Waals surface area contributed by atoms with Crippen molar-refractivity contribution in [1.29, 1.82) is 0 Å². The van der Waals surface area contributed by atoms with E-state index in [0.717, 1.165) is 4.31 Å². The number of sulfonamides is 1. The highest BCUT2D eigenvalue weighted by Crippen LogP contribution is 2.22. The number of benzene rings is 1. The van der Waals surface area contributed by atoms with E-state index < -0.39 is 16.0 Å². The number of nitrogens with zero attached hydrogens (tertiary/aromatic N) is 1. The molecule has 1 rings (SSSR count). The molecule has 1 aromatic carbocycles. The topological polar surface area (TPSA) is 63.7 Å². The van der Waals surface area contributed by atoms with Crippen molar-refractivity contribution in [3.8, 4) is 0 Å². The smallest absolute Gasteiger partial charge is 0.321 e. The van der Waals surface area contributed by atoms with Gasteiger partial charge in [-0.15, -0.1) is 0 Å². The van der Waals surface area contributed by atoms with Crippen LogP contribution < -0.4 is 0 Å². The van der Waals surface area contributed by atoms with Crippen LogP contribution in [0.1, 0.15) is 19.4 Å². The van der Waals surface area contributed by atoms with Crippen molar-refractivity contribution in [2.45, 2.75) is 25.7 Å². The Hall–Kier alpha value is -1.11. The van der Waals surface area contributed by atoms with Crippen molar-refractivity contribution >= 4 is 27.6 Å². The average molecular weight is 320 g/mol. The first-order valence-corrected chi connectivity index (χ1v) is 8.06. The second-order valence-corrected chi connectivity index (χ2v) is 6.49. The monoisotopic (exact) mass is 319 g/mol. The van der Waals surface area contributed by atoms with Gasteiger partial charge in [0.25, 0.3) is 0 Å². The van der Waals surface area contributed by atoms with Gasteiger partial charge < -0.3 is 4.74 Å². The van der Waals surface area contributed by atoms with Gasteiger partial charge in [-0.05, 0) is 37.6 Å². The van der Waals surface area contributed by atoms with Crippen LogP contribution in [0.5, 0.6) is 0 Å². The molecule has 0 atom stereocenters. The summed E-state index contributed by atoms with van der Waals surface area (Å²) in [5.41, 5.74) is 0.541. The molecule has 112 valence electrons. The molecule has 1 aromatic rings. The molecule has 0 unspecified atom stereocenters. The summed E-state index contributed by atoms with van der Waals surface area (Å²) in [6.45, 7) is 5.11. The summed E-state index contributed by atoms with van der Waals surface area (Å²) in [6.07, 6.45) is 0. The lowest BCUT2D eigenvalue weighted by Crippen LogP contribution is -2.36. The summed E-state index contributed by atoms with van der Waals surface area (Å²) in [6, 6.07) is 4.53. The van der Waals surface area contributed by atoms with Crippen LogP contribution in [0.25, 0.3) is 0 Å². The van der Waals surface area contributed by atoms with Gasteiger partial charge in [-0.25, -0.2) is 8.42 Å². The largest absolute Gasteiger partial charge is 0.465 e. The summed E-state index contributed by atoms with van der Waals surface area (Å²) < 4.78 is 30.9. The number of esters is 1. The number of aryl methyl sites for hydroxylation is 1. The maximum atomic E-state index is 12.5. The summed E-state index contributed by atoms with van der Waals surface area (Å²) in [5.74, 6) is -0.565. The fourth-order valence-electron chi connectivity index (χ4n) is 1.76. The van der Waals surface area contributed by atoms with Gasteiger partial charge >= 0.3 is 5.97 Å². The first kappa shape index (κ1) is 16.9. The van der Waals surface area contributed by atoms with Gasteiger partial charge in [0.15, 0.2) is 0 Å². The minimum Gasteiger partial charge on any atom is -0.465 e. The zero-order valence-corrected chi connectivity index (χ0v) is 13.3. The van der Waals surface area contributed by atoms with Crippen molar-refractivity contribution in [2.24, 2.45) is 0 Å². The van der Waals surface area contributed by atoms with E-state index >= 15 is 0 Å². The molecule has 0 aliphatic carbocycles. The van der Waals surface area contributed by atoms with Gasteiger partial charge in [-0.2, -0.15) is 4.31 Å². The zero-order chi connectivity index (χ0) is 15.3. The van der Waals surface area contributed by atoms with Crippen LogP contribution in [0.4, 0.5) is 0 Å². The Morgan fingerprint density at radius 1 is 1.35 bits per heavy atom. The molecular weight excluding hydrogens is 302 g/mol. The fourth-order valence-corrected chi connectivity index (χ4v) is 3.58. The Morgan fingerprint density at radius 2 is 2.00 bits per heavy atom. The van der Waals surface area contributed by atoms with Crippen molar-refractivity contribution in [2.75, 3.05) is 19.7 Å². The van der Waals surface area contributed by atoms with Gasteiger partial charge in [0, 0.05) is 11.6 Å². The Labute approximate surface area is 124 Å². The second-order valence-electron chi connectivity index (χ2n) is 4.15. The van der Waals surface area contributed by atoms with Gasteiger partial charge in [-0.1, -0.05) is 18.5 Å². The zero-order valence-electron chi connectivity index (χ0n) is 11.7. The van der Waals surface area contributed by atoms with Gasteiger partial charge in [-0.3, -0.25) is 4.79 Å². The maximum absolute atomic E-state index is 12.5. The summed E-state index contributed by atoms with van der Waals surface area (Å²) >= 11 is 5.82. The number of hydrogen-bond acceptors (Lipinski definition) is 4. The second kappa shape index (κ2) is 7.06. The van der Waals surface area contributed by atoms with E-state index in [1.54, 1.807) is 26.8 Å². The molecule has 20 heavy (non-hydrogen) atoms. The van der Waals surface area contributed by atoms with Crippen molar-refractivity contribution in [3.05, 3.63) is 28.8 Å². The lowest BCUT2D eigenvalue weighted by atomic mass is 10.2. The van der Waals surface area contributed by atoms with Crippen LogP contribution in [0, 0.1) is 6.92 Å². The number of ether oxygens (including phenoxy) is 1. The fraction of sp³-hybridized carbons (Fsp3) is 0.462. The predicted octanol–water partition coefficient (Wildman–Crippen LogP) is 2.22. The number of hydrogen-bond donors (Lipinski definition) is 0.